The molecule has 0 saturated heterocycles. The zero-order chi connectivity index (χ0) is 23.3. The standard InChI is InChI=1S/C24H28N2O6/c1-4-6-15-32-22(29)25-24(5-2,21(27)28)26(23(30)31-3)20-18-13-9-7-11-16(18)17-12-8-10-14-19(17)20/h7-14,20H,4-6,15H2,1-3H3,(H,25,29)(H,27,28). The van der Waals surface area contributed by atoms with Gasteiger partial charge in [-0.1, -0.05) is 68.8 Å². The molecule has 32 heavy (non-hydrogen) atoms. The molecule has 1 unspecified atom stereocenters. The lowest BCUT2D eigenvalue weighted by Crippen LogP contribution is -2.67. The minimum absolute atomic E-state index is 0.110. The van der Waals surface area contributed by atoms with E-state index < -0.39 is 29.9 Å². The molecular weight excluding hydrogens is 412 g/mol. The minimum atomic E-state index is -2.09. The van der Waals surface area contributed by atoms with E-state index in [1.54, 1.807) is 6.92 Å². The van der Waals surface area contributed by atoms with Crippen molar-refractivity contribution in [1.82, 2.24) is 10.2 Å². The molecule has 0 heterocycles. The van der Waals surface area contributed by atoms with Crippen molar-refractivity contribution in [2.24, 2.45) is 0 Å². The Balaban J connectivity index is 2.14. The van der Waals surface area contributed by atoms with Crippen LogP contribution in [0.5, 0.6) is 0 Å². The molecule has 0 aromatic heterocycles. The number of benzene rings is 2. The predicted octanol–water partition coefficient (Wildman–Crippen LogP) is 4.54. The first kappa shape index (κ1) is 23.1. The van der Waals surface area contributed by atoms with Gasteiger partial charge in [0.25, 0.3) is 0 Å². The Morgan fingerprint density at radius 3 is 2.06 bits per heavy atom. The first-order valence-electron chi connectivity index (χ1n) is 10.6. The summed E-state index contributed by atoms with van der Waals surface area (Å²) in [6.07, 6.45) is -0.435. The lowest BCUT2D eigenvalue weighted by molar-refractivity contribution is -0.154. The molecular formula is C24H28N2O6. The van der Waals surface area contributed by atoms with Crippen LogP contribution in [-0.4, -0.2) is 47.5 Å². The van der Waals surface area contributed by atoms with Crippen LogP contribution in [0.4, 0.5) is 9.59 Å². The summed E-state index contributed by atoms with van der Waals surface area (Å²) in [6.45, 7) is 3.68. The van der Waals surface area contributed by atoms with Gasteiger partial charge in [0.15, 0.2) is 0 Å². The summed E-state index contributed by atoms with van der Waals surface area (Å²) < 4.78 is 10.2. The maximum Gasteiger partial charge on any atom is 0.412 e. The summed E-state index contributed by atoms with van der Waals surface area (Å²) >= 11 is 0. The smallest absolute Gasteiger partial charge is 0.412 e. The molecule has 170 valence electrons. The quantitative estimate of drug-likeness (QED) is 0.461. The number of rotatable bonds is 8. The summed E-state index contributed by atoms with van der Waals surface area (Å²) in [7, 11) is 1.18. The second-order valence-corrected chi connectivity index (χ2v) is 7.55. The number of unbranched alkanes of at least 4 members (excludes halogenated alkanes) is 1. The normalized spacial score (nSPS) is 14.0. The van der Waals surface area contributed by atoms with E-state index >= 15 is 0 Å². The minimum Gasteiger partial charge on any atom is -0.478 e. The Labute approximate surface area is 187 Å². The SMILES string of the molecule is CCCCOC(=O)NC(CC)(C(=O)O)N(C(=O)OC)C1c2ccccc2-c2ccccc21. The van der Waals surface area contributed by atoms with Gasteiger partial charge in [-0.05, 0) is 35.1 Å². The Bertz CT molecular complexity index is 962. The largest absolute Gasteiger partial charge is 0.478 e. The van der Waals surface area contributed by atoms with Crippen molar-refractivity contribution in [2.45, 2.75) is 44.8 Å². The molecule has 2 aromatic rings. The van der Waals surface area contributed by atoms with E-state index in [0.29, 0.717) is 6.42 Å². The highest BCUT2D eigenvalue weighted by Gasteiger charge is 2.53. The van der Waals surface area contributed by atoms with Gasteiger partial charge < -0.3 is 14.6 Å². The number of ether oxygens (including phenoxy) is 2. The Hall–Kier alpha value is -3.55. The van der Waals surface area contributed by atoms with Gasteiger partial charge >= 0.3 is 18.2 Å². The van der Waals surface area contributed by atoms with Crippen molar-refractivity contribution in [3.8, 4) is 11.1 Å². The third-order valence-corrected chi connectivity index (χ3v) is 5.75. The number of fused-ring (bicyclic) bond motifs is 3. The predicted molar refractivity (Wildman–Crippen MR) is 118 cm³/mol. The molecule has 0 radical (unpaired) electrons. The highest BCUT2D eigenvalue weighted by atomic mass is 16.6. The monoisotopic (exact) mass is 440 g/mol. The number of hydrogen-bond donors (Lipinski definition) is 2. The average molecular weight is 440 g/mol. The van der Waals surface area contributed by atoms with Crippen LogP contribution in [0.1, 0.15) is 50.3 Å². The number of carboxylic acid groups (broad SMARTS) is 1. The molecule has 1 aliphatic rings. The van der Waals surface area contributed by atoms with E-state index in [1.807, 2.05) is 55.5 Å². The fourth-order valence-corrected chi connectivity index (χ4v) is 4.13. The van der Waals surface area contributed by atoms with Crippen molar-refractivity contribution in [3.63, 3.8) is 0 Å². The first-order chi connectivity index (χ1) is 15.4. The maximum atomic E-state index is 13.1. The number of nitrogens with one attached hydrogen (secondary N) is 1. The lowest BCUT2D eigenvalue weighted by Gasteiger charge is -2.42. The Morgan fingerprint density at radius 2 is 1.59 bits per heavy atom. The number of hydrogen-bond acceptors (Lipinski definition) is 5. The molecule has 0 spiro atoms. The molecule has 3 rings (SSSR count). The van der Waals surface area contributed by atoms with Gasteiger partial charge in [-0.25, -0.2) is 14.4 Å². The van der Waals surface area contributed by atoms with Crippen LogP contribution in [0.3, 0.4) is 0 Å². The summed E-state index contributed by atoms with van der Waals surface area (Å²) in [6, 6.07) is 14.2. The molecule has 2 N–H and O–H groups in total. The van der Waals surface area contributed by atoms with Crippen LogP contribution >= 0.6 is 0 Å². The van der Waals surface area contributed by atoms with E-state index in [4.69, 9.17) is 9.47 Å². The summed E-state index contributed by atoms with van der Waals surface area (Å²) in [5, 5.41) is 12.8. The molecule has 0 aliphatic heterocycles. The van der Waals surface area contributed by atoms with Gasteiger partial charge in [0, 0.05) is 0 Å². The van der Waals surface area contributed by atoms with Crippen molar-refractivity contribution >= 4 is 18.2 Å². The molecule has 1 aliphatic carbocycles. The van der Waals surface area contributed by atoms with E-state index in [2.05, 4.69) is 5.32 Å². The molecule has 2 aromatic carbocycles. The Morgan fingerprint density at radius 1 is 1.03 bits per heavy atom. The number of aliphatic carboxylic acids is 1. The number of carbonyl (C=O) groups excluding carboxylic acids is 2. The topological polar surface area (TPSA) is 105 Å². The molecule has 0 bridgehead atoms. The van der Waals surface area contributed by atoms with E-state index in [0.717, 1.165) is 33.6 Å². The van der Waals surface area contributed by atoms with Gasteiger partial charge in [0.05, 0.1) is 19.8 Å². The number of amides is 2. The summed E-state index contributed by atoms with van der Waals surface area (Å²) in [5.74, 6) is -1.39. The highest BCUT2D eigenvalue weighted by molar-refractivity contribution is 5.90. The Kier molecular flexibility index (Phi) is 7.02. The fourth-order valence-electron chi connectivity index (χ4n) is 4.13. The van der Waals surface area contributed by atoms with Gasteiger partial charge in [-0.3, -0.25) is 10.2 Å². The van der Waals surface area contributed by atoms with Crippen molar-refractivity contribution in [1.29, 1.82) is 0 Å². The van der Waals surface area contributed by atoms with Gasteiger partial charge in [0.2, 0.25) is 5.66 Å². The second kappa shape index (κ2) is 9.72. The summed E-state index contributed by atoms with van der Waals surface area (Å²) in [5.41, 5.74) is 1.19. The van der Waals surface area contributed by atoms with Crippen LogP contribution in [0.2, 0.25) is 0 Å². The van der Waals surface area contributed by atoms with Gasteiger partial charge in [0.1, 0.15) is 0 Å². The number of nitrogens with zero attached hydrogens (tertiary/aromatic N) is 1. The van der Waals surface area contributed by atoms with E-state index in [-0.39, 0.29) is 13.0 Å². The zero-order valence-electron chi connectivity index (χ0n) is 18.5. The molecule has 0 saturated carbocycles. The molecule has 8 heteroatoms. The molecule has 1 atom stereocenters. The maximum absolute atomic E-state index is 13.1. The van der Waals surface area contributed by atoms with E-state index in [9.17, 15) is 19.5 Å². The third-order valence-electron chi connectivity index (χ3n) is 5.75. The highest BCUT2D eigenvalue weighted by Crippen LogP contribution is 2.48. The zero-order valence-corrected chi connectivity index (χ0v) is 18.5. The van der Waals surface area contributed by atoms with Crippen LogP contribution in [0, 0.1) is 0 Å². The summed E-state index contributed by atoms with van der Waals surface area (Å²) in [4.78, 5) is 39.4. The van der Waals surface area contributed by atoms with Crippen molar-refractivity contribution in [2.75, 3.05) is 13.7 Å². The van der Waals surface area contributed by atoms with Crippen molar-refractivity contribution in [3.05, 3.63) is 59.7 Å². The van der Waals surface area contributed by atoms with Crippen LogP contribution in [0.25, 0.3) is 11.1 Å². The van der Waals surface area contributed by atoms with E-state index in [1.165, 1.54) is 7.11 Å². The molecule has 0 fully saturated rings. The van der Waals surface area contributed by atoms with Crippen LogP contribution < -0.4 is 5.32 Å². The van der Waals surface area contributed by atoms with Gasteiger partial charge in [-0.2, -0.15) is 0 Å². The molecule has 2 amide bonds. The number of carboxylic acids is 1. The number of methoxy groups -OCH3 is 1. The number of alkyl carbamates (subject to hydrolysis) is 1. The molecule has 8 nitrogen and oxygen atoms in total. The lowest BCUT2D eigenvalue weighted by atomic mass is 9.96. The first-order valence-corrected chi connectivity index (χ1v) is 10.6. The second-order valence-electron chi connectivity index (χ2n) is 7.55. The van der Waals surface area contributed by atoms with Crippen LogP contribution in [-0.2, 0) is 14.3 Å². The average Bonchev–Trinajstić information content (AvgIpc) is 3.12. The third kappa shape index (κ3) is 4.00. The van der Waals surface area contributed by atoms with Crippen LogP contribution in [0.15, 0.2) is 48.5 Å². The fraction of sp³-hybridized carbons (Fsp3) is 0.375. The van der Waals surface area contributed by atoms with Crippen molar-refractivity contribution < 1.29 is 29.0 Å². The van der Waals surface area contributed by atoms with Gasteiger partial charge in [-0.15, -0.1) is 0 Å². The number of carbonyl (C=O) groups is 3.